The molecule has 1 rings (SSSR count). The Morgan fingerprint density at radius 2 is 1.57 bits per heavy atom. The van der Waals surface area contributed by atoms with Crippen LogP contribution in [0.4, 0.5) is 0 Å². The minimum Gasteiger partial charge on any atom is -0.314 e. The summed E-state index contributed by atoms with van der Waals surface area (Å²) in [5.41, 5.74) is 2.97. The highest BCUT2D eigenvalue weighted by atomic mass is 15.1. The van der Waals surface area contributed by atoms with Gasteiger partial charge in [-0.2, -0.15) is 0 Å². The zero-order chi connectivity index (χ0) is 15.8. The van der Waals surface area contributed by atoms with Crippen molar-refractivity contribution in [2.45, 2.75) is 66.6 Å². The van der Waals surface area contributed by atoms with Gasteiger partial charge < -0.3 is 5.32 Å². The summed E-state index contributed by atoms with van der Waals surface area (Å²) in [6, 6.07) is 10.1. The van der Waals surface area contributed by atoms with E-state index in [0.29, 0.717) is 18.0 Å². The van der Waals surface area contributed by atoms with Crippen molar-refractivity contribution in [1.29, 1.82) is 0 Å². The van der Waals surface area contributed by atoms with E-state index in [1.165, 1.54) is 11.1 Å². The highest BCUT2D eigenvalue weighted by molar-refractivity contribution is 5.27. The van der Waals surface area contributed by atoms with Crippen molar-refractivity contribution >= 4 is 0 Å². The van der Waals surface area contributed by atoms with Crippen LogP contribution in [0, 0.1) is 5.92 Å². The molecule has 0 aliphatic rings. The summed E-state index contributed by atoms with van der Waals surface area (Å²) < 4.78 is 0. The van der Waals surface area contributed by atoms with Gasteiger partial charge in [-0.3, -0.25) is 4.90 Å². The van der Waals surface area contributed by atoms with Gasteiger partial charge in [0.2, 0.25) is 0 Å². The third kappa shape index (κ3) is 7.10. The first-order valence-corrected chi connectivity index (χ1v) is 8.44. The van der Waals surface area contributed by atoms with Crippen molar-refractivity contribution in [3.63, 3.8) is 0 Å². The summed E-state index contributed by atoms with van der Waals surface area (Å²) in [5, 5.41) is 3.52. The third-order valence-electron chi connectivity index (χ3n) is 3.77. The van der Waals surface area contributed by atoms with E-state index in [1.807, 2.05) is 0 Å². The van der Waals surface area contributed by atoms with Crippen molar-refractivity contribution in [3.8, 4) is 0 Å². The first-order valence-electron chi connectivity index (χ1n) is 8.44. The maximum absolute atomic E-state index is 3.52. The number of nitrogens with one attached hydrogen (secondary N) is 1. The largest absolute Gasteiger partial charge is 0.314 e. The minimum atomic E-state index is 0.560. The predicted molar refractivity (Wildman–Crippen MR) is 93.7 cm³/mol. The van der Waals surface area contributed by atoms with Crippen LogP contribution in [0.25, 0.3) is 0 Å². The van der Waals surface area contributed by atoms with Crippen molar-refractivity contribution in [2.75, 3.05) is 13.1 Å². The Labute approximate surface area is 131 Å². The summed E-state index contributed by atoms with van der Waals surface area (Å²) in [6.45, 7) is 16.9. The normalized spacial score (nSPS) is 12.1. The molecule has 0 atom stereocenters. The van der Waals surface area contributed by atoms with E-state index in [0.717, 1.165) is 26.1 Å². The number of benzene rings is 1. The number of hydrogen-bond acceptors (Lipinski definition) is 2. The lowest BCUT2D eigenvalue weighted by molar-refractivity contribution is 0.188. The lowest BCUT2D eigenvalue weighted by atomic mass is 10.0. The molecule has 0 aliphatic heterocycles. The Morgan fingerprint density at radius 1 is 0.952 bits per heavy atom. The van der Waals surface area contributed by atoms with E-state index in [2.05, 4.69) is 76.0 Å². The molecule has 0 heterocycles. The second-order valence-electron chi connectivity index (χ2n) is 7.04. The number of rotatable bonds is 9. The molecule has 0 saturated carbocycles. The van der Waals surface area contributed by atoms with Crippen molar-refractivity contribution in [3.05, 3.63) is 35.4 Å². The van der Waals surface area contributed by atoms with Gasteiger partial charge in [0.25, 0.3) is 0 Å². The van der Waals surface area contributed by atoms with Crippen LogP contribution in [0.2, 0.25) is 0 Å². The van der Waals surface area contributed by atoms with Gasteiger partial charge in [0.15, 0.2) is 0 Å². The Hall–Kier alpha value is -0.860. The first kappa shape index (κ1) is 18.2. The Bertz CT molecular complexity index is 396. The van der Waals surface area contributed by atoms with Crippen LogP contribution in [0.15, 0.2) is 24.3 Å². The fourth-order valence-corrected chi connectivity index (χ4v) is 2.60. The summed E-state index contributed by atoms with van der Waals surface area (Å²) in [6.07, 6.45) is 1.11. The fourth-order valence-electron chi connectivity index (χ4n) is 2.60. The monoisotopic (exact) mass is 290 g/mol. The Balaban J connectivity index is 2.72. The molecule has 0 saturated heterocycles. The third-order valence-corrected chi connectivity index (χ3v) is 3.77. The molecule has 21 heavy (non-hydrogen) atoms. The van der Waals surface area contributed by atoms with Crippen LogP contribution >= 0.6 is 0 Å². The average Bonchev–Trinajstić information content (AvgIpc) is 2.38. The molecule has 1 aromatic rings. The molecule has 0 aromatic heterocycles. The first-order chi connectivity index (χ1) is 9.90. The summed E-state index contributed by atoms with van der Waals surface area (Å²) in [4.78, 5) is 2.58. The van der Waals surface area contributed by atoms with E-state index in [1.54, 1.807) is 0 Å². The second-order valence-corrected chi connectivity index (χ2v) is 7.04. The molecule has 2 heteroatoms. The topological polar surface area (TPSA) is 15.3 Å². The van der Waals surface area contributed by atoms with Crippen LogP contribution in [-0.4, -0.2) is 30.1 Å². The highest BCUT2D eigenvalue weighted by Gasteiger charge is 2.13. The highest BCUT2D eigenvalue weighted by Crippen LogP contribution is 2.15. The molecular formula is C19H34N2. The van der Waals surface area contributed by atoms with Gasteiger partial charge in [0, 0.05) is 25.2 Å². The maximum Gasteiger partial charge on any atom is 0.0239 e. The van der Waals surface area contributed by atoms with Gasteiger partial charge >= 0.3 is 0 Å². The smallest absolute Gasteiger partial charge is 0.0239 e. The summed E-state index contributed by atoms with van der Waals surface area (Å²) >= 11 is 0. The molecule has 1 aromatic carbocycles. The molecule has 0 bridgehead atoms. The van der Waals surface area contributed by atoms with Gasteiger partial charge in [0.1, 0.15) is 0 Å². The molecule has 1 N–H and O–H groups in total. The van der Waals surface area contributed by atoms with Gasteiger partial charge in [0.05, 0.1) is 0 Å². The van der Waals surface area contributed by atoms with Crippen LogP contribution < -0.4 is 5.32 Å². The van der Waals surface area contributed by atoms with Crippen LogP contribution in [0.3, 0.4) is 0 Å². The van der Waals surface area contributed by atoms with Crippen LogP contribution in [0.1, 0.15) is 52.7 Å². The van der Waals surface area contributed by atoms with Gasteiger partial charge in [-0.15, -0.1) is 0 Å². The summed E-state index contributed by atoms with van der Waals surface area (Å²) in [5.74, 6) is 0.710. The number of hydrogen-bond donors (Lipinski definition) is 1. The van der Waals surface area contributed by atoms with Gasteiger partial charge in [-0.1, -0.05) is 52.0 Å². The zero-order valence-corrected chi connectivity index (χ0v) is 14.8. The van der Waals surface area contributed by atoms with E-state index in [4.69, 9.17) is 0 Å². The average molecular weight is 290 g/mol. The predicted octanol–water partition coefficient (Wildman–Crippen LogP) is 4.09. The maximum atomic E-state index is 3.52. The molecule has 0 aliphatic carbocycles. The molecule has 2 nitrogen and oxygen atoms in total. The van der Waals surface area contributed by atoms with Gasteiger partial charge in [-0.05, 0) is 43.9 Å². The quantitative estimate of drug-likeness (QED) is 0.737. The standard InChI is InChI=1S/C19H34N2/c1-15(2)13-21(17(5)6)14-19-10-8-7-9-18(19)11-12-20-16(3)4/h7-10,15-17,20H,11-14H2,1-6H3. The number of nitrogens with zero attached hydrogens (tertiary/aromatic N) is 1. The second kappa shape index (κ2) is 9.22. The van der Waals surface area contributed by atoms with E-state index in [9.17, 15) is 0 Å². The molecular weight excluding hydrogens is 256 g/mol. The molecule has 0 spiro atoms. The Kier molecular flexibility index (Phi) is 7.98. The molecule has 0 fully saturated rings. The van der Waals surface area contributed by atoms with E-state index >= 15 is 0 Å². The van der Waals surface area contributed by atoms with Crippen LogP contribution in [-0.2, 0) is 13.0 Å². The van der Waals surface area contributed by atoms with E-state index < -0.39 is 0 Å². The van der Waals surface area contributed by atoms with Crippen molar-refractivity contribution < 1.29 is 0 Å². The van der Waals surface area contributed by atoms with Crippen molar-refractivity contribution in [1.82, 2.24) is 10.2 Å². The zero-order valence-electron chi connectivity index (χ0n) is 14.8. The lowest BCUT2D eigenvalue weighted by Crippen LogP contribution is -2.34. The Morgan fingerprint density at radius 3 is 2.10 bits per heavy atom. The molecule has 0 unspecified atom stereocenters. The van der Waals surface area contributed by atoms with Gasteiger partial charge in [-0.25, -0.2) is 0 Å². The SMILES string of the molecule is CC(C)CN(Cc1ccccc1CCNC(C)C)C(C)C. The minimum absolute atomic E-state index is 0.560. The lowest BCUT2D eigenvalue weighted by Gasteiger charge is -2.29. The molecule has 120 valence electrons. The van der Waals surface area contributed by atoms with Crippen LogP contribution in [0.5, 0.6) is 0 Å². The van der Waals surface area contributed by atoms with E-state index in [-0.39, 0.29) is 0 Å². The molecule has 0 radical (unpaired) electrons. The summed E-state index contributed by atoms with van der Waals surface area (Å²) in [7, 11) is 0. The molecule has 0 amide bonds. The fraction of sp³-hybridized carbons (Fsp3) is 0.684. The van der Waals surface area contributed by atoms with Crippen molar-refractivity contribution in [2.24, 2.45) is 5.92 Å².